The molecule has 0 unspecified atom stereocenters. The fourth-order valence-electron chi connectivity index (χ4n) is 3.65. The molecule has 0 saturated carbocycles. The van der Waals surface area contributed by atoms with Crippen molar-refractivity contribution in [2.24, 2.45) is 0 Å². The van der Waals surface area contributed by atoms with Crippen LogP contribution in [0.15, 0.2) is 40.4 Å². The first-order valence-corrected chi connectivity index (χ1v) is 11.3. The summed E-state index contributed by atoms with van der Waals surface area (Å²) in [5.74, 6) is 0. The number of para-hydroxylation sites is 1. The summed E-state index contributed by atoms with van der Waals surface area (Å²) in [6.07, 6.45) is 3.45. The van der Waals surface area contributed by atoms with Gasteiger partial charge in [0.2, 0.25) is 15.0 Å². The summed E-state index contributed by atoms with van der Waals surface area (Å²) in [6, 6.07) is 8.10. The second kappa shape index (κ2) is 7.23. The van der Waals surface area contributed by atoms with E-state index >= 15 is 0 Å². The van der Waals surface area contributed by atoms with Gasteiger partial charge >= 0.3 is 0 Å². The summed E-state index contributed by atoms with van der Waals surface area (Å²) in [6.45, 7) is 5.88. The van der Waals surface area contributed by atoms with Gasteiger partial charge in [-0.25, -0.2) is 18.1 Å². The molecule has 4 rings (SSSR count). The summed E-state index contributed by atoms with van der Waals surface area (Å²) >= 11 is 0. The molecule has 0 radical (unpaired) electrons. The minimum atomic E-state index is -3.54. The molecule has 9 heteroatoms. The predicted octanol–water partition coefficient (Wildman–Crippen LogP) is 1.53. The standard InChI is InChI=1S/C20H23N5O3S/c1-13-6-4-5-7-18(13)25-14(2)15(10-21-25)11-24-9-8-17-16(12-24)19(26)23-20(22-17)29(3,27)28/h4-7,10H,8-9,11-12H2,1-3H3,(H,22,23,26). The van der Waals surface area contributed by atoms with Gasteiger partial charge in [-0.2, -0.15) is 5.10 Å². The van der Waals surface area contributed by atoms with Gasteiger partial charge in [-0.15, -0.1) is 0 Å². The first kappa shape index (κ1) is 19.5. The summed E-state index contributed by atoms with van der Waals surface area (Å²) in [4.78, 5) is 21.2. The smallest absolute Gasteiger partial charge is 0.256 e. The third kappa shape index (κ3) is 3.75. The molecule has 3 heterocycles. The molecule has 0 spiro atoms. The number of aryl methyl sites for hydroxylation is 1. The highest BCUT2D eigenvalue weighted by molar-refractivity contribution is 7.90. The number of aromatic amines is 1. The Balaban J connectivity index is 1.58. The molecule has 152 valence electrons. The van der Waals surface area contributed by atoms with Crippen LogP contribution in [-0.2, 0) is 29.3 Å². The van der Waals surface area contributed by atoms with Crippen molar-refractivity contribution in [3.63, 3.8) is 0 Å². The number of rotatable bonds is 4. The maximum absolute atomic E-state index is 12.4. The van der Waals surface area contributed by atoms with E-state index in [2.05, 4.69) is 33.0 Å². The second-order valence-corrected chi connectivity index (χ2v) is 9.41. The number of hydrogen-bond acceptors (Lipinski definition) is 6. The van der Waals surface area contributed by atoms with Crippen molar-refractivity contribution in [1.82, 2.24) is 24.6 Å². The molecular weight excluding hydrogens is 390 g/mol. The lowest BCUT2D eigenvalue weighted by Gasteiger charge is -2.27. The molecule has 3 aromatic rings. The van der Waals surface area contributed by atoms with Gasteiger partial charge in [0.25, 0.3) is 5.56 Å². The van der Waals surface area contributed by atoms with Crippen LogP contribution < -0.4 is 5.56 Å². The van der Waals surface area contributed by atoms with Gasteiger partial charge < -0.3 is 0 Å². The fourth-order valence-corrected chi connectivity index (χ4v) is 4.21. The van der Waals surface area contributed by atoms with E-state index in [1.54, 1.807) is 0 Å². The van der Waals surface area contributed by atoms with E-state index in [1.807, 2.05) is 36.0 Å². The molecule has 0 amide bonds. The van der Waals surface area contributed by atoms with E-state index < -0.39 is 9.84 Å². The first-order valence-electron chi connectivity index (χ1n) is 9.38. The van der Waals surface area contributed by atoms with Crippen LogP contribution in [0.2, 0.25) is 0 Å². The summed E-state index contributed by atoms with van der Waals surface area (Å²) in [7, 11) is -3.54. The van der Waals surface area contributed by atoms with E-state index in [4.69, 9.17) is 0 Å². The van der Waals surface area contributed by atoms with E-state index in [-0.39, 0.29) is 10.7 Å². The Kier molecular flexibility index (Phi) is 4.87. The Hall–Kier alpha value is -2.78. The van der Waals surface area contributed by atoms with Crippen LogP contribution in [0.5, 0.6) is 0 Å². The lowest BCUT2D eigenvalue weighted by molar-refractivity contribution is 0.240. The average molecular weight is 414 g/mol. The lowest BCUT2D eigenvalue weighted by atomic mass is 10.1. The zero-order valence-electron chi connectivity index (χ0n) is 16.6. The van der Waals surface area contributed by atoms with Crippen molar-refractivity contribution in [1.29, 1.82) is 0 Å². The van der Waals surface area contributed by atoms with Crippen LogP contribution in [0.4, 0.5) is 0 Å². The first-order chi connectivity index (χ1) is 13.7. The van der Waals surface area contributed by atoms with E-state index in [1.165, 1.54) is 0 Å². The van der Waals surface area contributed by atoms with Crippen molar-refractivity contribution in [3.8, 4) is 5.69 Å². The molecule has 0 atom stereocenters. The molecule has 2 aromatic heterocycles. The Labute approximate surface area is 169 Å². The van der Waals surface area contributed by atoms with Crippen molar-refractivity contribution >= 4 is 9.84 Å². The van der Waals surface area contributed by atoms with Crippen LogP contribution in [0.1, 0.15) is 28.1 Å². The van der Waals surface area contributed by atoms with Gasteiger partial charge in [-0.3, -0.25) is 14.7 Å². The van der Waals surface area contributed by atoms with Gasteiger partial charge in [0.05, 0.1) is 23.1 Å². The molecule has 0 fully saturated rings. The SMILES string of the molecule is Cc1ccccc1-n1ncc(CN2CCc3nc(S(C)(=O)=O)[nH]c(=O)c3C2)c1C. The van der Waals surface area contributed by atoms with Crippen molar-refractivity contribution in [2.45, 2.75) is 38.5 Å². The minimum Gasteiger partial charge on any atom is -0.297 e. The summed E-state index contributed by atoms with van der Waals surface area (Å²) in [5.41, 5.74) is 5.07. The van der Waals surface area contributed by atoms with Gasteiger partial charge in [-0.05, 0) is 25.5 Å². The van der Waals surface area contributed by atoms with Gasteiger partial charge in [0, 0.05) is 43.6 Å². The summed E-state index contributed by atoms with van der Waals surface area (Å²) in [5, 5.41) is 4.30. The van der Waals surface area contributed by atoms with Crippen LogP contribution in [0.25, 0.3) is 5.69 Å². The highest BCUT2D eigenvalue weighted by atomic mass is 32.2. The Morgan fingerprint density at radius 1 is 1.21 bits per heavy atom. The van der Waals surface area contributed by atoms with Crippen molar-refractivity contribution < 1.29 is 8.42 Å². The van der Waals surface area contributed by atoms with Crippen LogP contribution >= 0.6 is 0 Å². The number of benzene rings is 1. The van der Waals surface area contributed by atoms with E-state index in [9.17, 15) is 13.2 Å². The van der Waals surface area contributed by atoms with Gasteiger partial charge in [0.15, 0.2) is 0 Å². The number of nitrogens with one attached hydrogen (secondary N) is 1. The maximum atomic E-state index is 12.4. The molecular formula is C20H23N5O3S. The molecule has 29 heavy (non-hydrogen) atoms. The normalized spacial score (nSPS) is 14.7. The third-order valence-corrected chi connectivity index (χ3v) is 6.22. The number of nitrogens with zero attached hydrogens (tertiary/aromatic N) is 4. The lowest BCUT2D eigenvalue weighted by Crippen LogP contribution is -2.36. The average Bonchev–Trinajstić information content (AvgIpc) is 3.02. The molecule has 1 aliphatic rings. The van der Waals surface area contributed by atoms with Gasteiger partial charge in [-0.1, -0.05) is 18.2 Å². The Morgan fingerprint density at radius 2 is 1.97 bits per heavy atom. The van der Waals surface area contributed by atoms with E-state index in [0.29, 0.717) is 37.3 Å². The maximum Gasteiger partial charge on any atom is 0.256 e. The zero-order valence-corrected chi connectivity index (χ0v) is 17.5. The Morgan fingerprint density at radius 3 is 2.69 bits per heavy atom. The molecule has 0 bridgehead atoms. The molecule has 0 saturated heterocycles. The number of sulfone groups is 1. The topological polar surface area (TPSA) is 101 Å². The minimum absolute atomic E-state index is 0.259. The molecule has 1 N–H and O–H groups in total. The highest BCUT2D eigenvalue weighted by Gasteiger charge is 2.24. The third-order valence-electron chi connectivity index (χ3n) is 5.33. The van der Waals surface area contributed by atoms with Crippen molar-refractivity contribution in [2.75, 3.05) is 12.8 Å². The quantitative estimate of drug-likeness (QED) is 0.651. The summed E-state index contributed by atoms with van der Waals surface area (Å²) < 4.78 is 25.3. The van der Waals surface area contributed by atoms with Gasteiger partial charge in [0.1, 0.15) is 0 Å². The zero-order chi connectivity index (χ0) is 20.8. The number of H-pyrrole nitrogens is 1. The van der Waals surface area contributed by atoms with E-state index in [0.717, 1.165) is 28.8 Å². The predicted molar refractivity (Wildman–Crippen MR) is 109 cm³/mol. The highest BCUT2D eigenvalue weighted by Crippen LogP contribution is 2.21. The van der Waals surface area contributed by atoms with Crippen LogP contribution in [0.3, 0.4) is 0 Å². The largest absolute Gasteiger partial charge is 0.297 e. The molecule has 1 aromatic carbocycles. The number of aromatic nitrogens is 4. The molecule has 8 nitrogen and oxygen atoms in total. The Bertz CT molecular complexity index is 1240. The number of hydrogen-bond donors (Lipinski definition) is 1. The van der Waals surface area contributed by atoms with Crippen molar-refractivity contribution in [3.05, 3.63) is 68.9 Å². The number of fused-ring (bicyclic) bond motifs is 1. The fraction of sp³-hybridized carbons (Fsp3) is 0.350. The molecule has 0 aliphatic carbocycles. The van der Waals surface area contributed by atoms with Crippen LogP contribution in [-0.4, -0.2) is 45.9 Å². The van der Waals surface area contributed by atoms with Crippen LogP contribution in [0, 0.1) is 13.8 Å². The second-order valence-electron chi connectivity index (χ2n) is 7.48. The monoisotopic (exact) mass is 413 g/mol. The molecule has 1 aliphatic heterocycles.